The fourth-order valence-corrected chi connectivity index (χ4v) is 1.87. The van der Waals surface area contributed by atoms with Crippen molar-refractivity contribution in [3.05, 3.63) is 47.2 Å². The van der Waals surface area contributed by atoms with Crippen LogP contribution in [0.1, 0.15) is 24.8 Å². The van der Waals surface area contributed by atoms with Gasteiger partial charge in [-0.1, -0.05) is 30.3 Å². The summed E-state index contributed by atoms with van der Waals surface area (Å²) >= 11 is 0. The van der Waals surface area contributed by atoms with Crippen molar-refractivity contribution in [3.63, 3.8) is 0 Å². The summed E-state index contributed by atoms with van der Waals surface area (Å²) in [7, 11) is 0. The van der Waals surface area contributed by atoms with E-state index in [2.05, 4.69) is 0 Å². The highest BCUT2D eigenvalue weighted by atomic mass is 16.3. The molecule has 0 heterocycles. The molecule has 1 aliphatic rings. The summed E-state index contributed by atoms with van der Waals surface area (Å²) in [4.78, 5) is 11.3. The number of Topliss-reactive ketones (excluding diaryl/α,β-unsaturated/α-hetero) is 1. The summed E-state index contributed by atoms with van der Waals surface area (Å²) < 4.78 is 0. The van der Waals surface area contributed by atoms with E-state index >= 15 is 0 Å². The van der Waals surface area contributed by atoms with Gasteiger partial charge in [0, 0.05) is 12.3 Å². The van der Waals surface area contributed by atoms with E-state index in [1.165, 1.54) is 0 Å². The molecule has 0 amide bonds. The molecule has 14 heavy (non-hydrogen) atoms. The molecular weight excluding hydrogens is 176 g/mol. The van der Waals surface area contributed by atoms with Gasteiger partial charge in [-0.15, -0.1) is 0 Å². The van der Waals surface area contributed by atoms with Crippen molar-refractivity contribution in [2.45, 2.75) is 19.3 Å². The van der Waals surface area contributed by atoms with Gasteiger partial charge in [0.15, 0.2) is 11.5 Å². The Morgan fingerprint density at radius 1 is 1.29 bits per heavy atom. The van der Waals surface area contributed by atoms with E-state index in [0.717, 1.165) is 11.1 Å². The average Bonchev–Trinajstić information content (AvgIpc) is 2.47. The maximum Gasteiger partial charge on any atom is 0.197 e. The quantitative estimate of drug-likeness (QED) is 0.735. The van der Waals surface area contributed by atoms with Gasteiger partial charge in [0.2, 0.25) is 0 Å². The van der Waals surface area contributed by atoms with Crippen LogP contribution in [0.4, 0.5) is 0 Å². The van der Waals surface area contributed by atoms with Gasteiger partial charge in [0.05, 0.1) is 0 Å². The number of ketones is 1. The van der Waals surface area contributed by atoms with Crippen molar-refractivity contribution in [2.75, 3.05) is 0 Å². The Morgan fingerprint density at radius 3 is 2.43 bits per heavy atom. The first kappa shape index (κ1) is 9.00. The maximum absolute atomic E-state index is 11.3. The molecule has 1 aromatic carbocycles. The van der Waals surface area contributed by atoms with Crippen LogP contribution in [-0.4, -0.2) is 10.9 Å². The largest absolute Gasteiger partial charge is 0.504 e. The lowest BCUT2D eigenvalue weighted by Gasteiger charge is -2.09. The Kier molecular flexibility index (Phi) is 2.12. The third-order valence-electron chi connectivity index (χ3n) is 2.75. The summed E-state index contributed by atoms with van der Waals surface area (Å²) in [6.45, 7) is 1.82. The minimum absolute atomic E-state index is 0.0427. The van der Waals surface area contributed by atoms with Crippen LogP contribution in [0.2, 0.25) is 0 Å². The second-order valence-electron chi connectivity index (χ2n) is 3.62. The van der Waals surface area contributed by atoms with Gasteiger partial charge in [0.25, 0.3) is 0 Å². The van der Waals surface area contributed by atoms with Crippen molar-refractivity contribution in [1.82, 2.24) is 0 Å². The molecule has 0 unspecified atom stereocenters. The fraction of sp³-hybridized carbons (Fsp3) is 0.250. The molecule has 0 fully saturated rings. The Labute approximate surface area is 82.9 Å². The smallest absolute Gasteiger partial charge is 0.197 e. The van der Waals surface area contributed by atoms with Gasteiger partial charge < -0.3 is 5.11 Å². The van der Waals surface area contributed by atoms with Crippen LogP contribution in [0.3, 0.4) is 0 Å². The van der Waals surface area contributed by atoms with Crippen molar-refractivity contribution in [1.29, 1.82) is 0 Å². The molecule has 0 radical (unpaired) electrons. The van der Waals surface area contributed by atoms with Gasteiger partial charge in [-0.25, -0.2) is 0 Å². The number of aliphatic hydroxyl groups excluding tert-OH is 1. The number of aliphatic hydroxyl groups is 1. The zero-order chi connectivity index (χ0) is 10.1. The number of carbonyl (C=O) groups excluding carboxylic acids is 1. The molecule has 1 atom stereocenters. The van der Waals surface area contributed by atoms with Crippen molar-refractivity contribution < 1.29 is 9.90 Å². The average molecular weight is 188 g/mol. The molecule has 0 aliphatic heterocycles. The van der Waals surface area contributed by atoms with Crippen LogP contribution in [0, 0.1) is 0 Å². The highest BCUT2D eigenvalue weighted by Gasteiger charge is 2.30. The van der Waals surface area contributed by atoms with E-state index < -0.39 is 0 Å². The van der Waals surface area contributed by atoms with E-state index in [1.807, 2.05) is 37.3 Å². The molecule has 2 nitrogen and oxygen atoms in total. The Balaban J connectivity index is 2.36. The maximum atomic E-state index is 11.3. The number of hydrogen-bond donors (Lipinski definition) is 1. The van der Waals surface area contributed by atoms with Crippen molar-refractivity contribution in [3.8, 4) is 0 Å². The Bertz CT molecular complexity index is 390. The number of carbonyl (C=O) groups is 1. The highest BCUT2D eigenvalue weighted by molar-refractivity contribution is 5.97. The third kappa shape index (κ3) is 1.33. The van der Waals surface area contributed by atoms with Gasteiger partial charge in [0.1, 0.15) is 0 Å². The summed E-state index contributed by atoms with van der Waals surface area (Å²) in [5.41, 5.74) is 1.89. The lowest BCUT2D eigenvalue weighted by Crippen LogP contribution is -1.97. The van der Waals surface area contributed by atoms with Crippen LogP contribution in [0.15, 0.2) is 41.7 Å². The third-order valence-corrected chi connectivity index (χ3v) is 2.75. The Morgan fingerprint density at radius 2 is 1.93 bits per heavy atom. The van der Waals surface area contributed by atoms with E-state index in [-0.39, 0.29) is 17.5 Å². The van der Waals surface area contributed by atoms with Crippen LogP contribution < -0.4 is 0 Å². The molecule has 1 aromatic rings. The number of hydrogen-bond acceptors (Lipinski definition) is 2. The molecular formula is C12H12O2. The van der Waals surface area contributed by atoms with Crippen molar-refractivity contribution in [2.24, 2.45) is 0 Å². The standard InChI is InChI=1S/C12H12O2/c1-8-10(7-11(13)12(8)14)9-5-3-2-4-6-9/h2-6,10,14H,7H2,1H3/t10-/m1/s1. The number of allylic oxidation sites excluding steroid dienone is 2. The first-order valence-electron chi connectivity index (χ1n) is 4.68. The fourth-order valence-electron chi connectivity index (χ4n) is 1.87. The monoisotopic (exact) mass is 188 g/mol. The summed E-state index contributed by atoms with van der Waals surface area (Å²) in [6, 6.07) is 9.81. The molecule has 0 saturated heterocycles. The van der Waals surface area contributed by atoms with E-state index in [4.69, 9.17) is 0 Å². The molecule has 1 N–H and O–H groups in total. The van der Waals surface area contributed by atoms with Crippen LogP contribution in [0.5, 0.6) is 0 Å². The molecule has 0 saturated carbocycles. The number of rotatable bonds is 1. The molecule has 0 aromatic heterocycles. The lowest BCUT2D eigenvalue weighted by atomic mass is 9.93. The molecule has 0 spiro atoms. The Hall–Kier alpha value is -1.57. The zero-order valence-electron chi connectivity index (χ0n) is 8.03. The summed E-state index contributed by atoms with van der Waals surface area (Å²) in [6.07, 6.45) is 0.404. The second kappa shape index (κ2) is 3.29. The van der Waals surface area contributed by atoms with Gasteiger partial charge in [-0.05, 0) is 18.1 Å². The van der Waals surface area contributed by atoms with Crippen molar-refractivity contribution >= 4 is 5.78 Å². The summed E-state index contributed by atoms with van der Waals surface area (Å²) in [5, 5.41) is 9.43. The SMILES string of the molecule is CC1=C(O)C(=O)C[C@H]1c1ccccc1. The van der Waals surface area contributed by atoms with Crippen LogP contribution in [0.25, 0.3) is 0 Å². The van der Waals surface area contributed by atoms with E-state index in [1.54, 1.807) is 0 Å². The first-order chi connectivity index (χ1) is 6.70. The van der Waals surface area contributed by atoms with Crippen LogP contribution >= 0.6 is 0 Å². The summed E-state index contributed by atoms with van der Waals surface area (Å²) in [5.74, 6) is -0.112. The topological polar surface area (TPSA) is 37.3 Å². The molecule has 1 aliphatic carbocycles. The predicted molar refractivity (Wildman–Crippen MR) is 54.1 cm³/mol. The molecule has 2 rings (SSSR count). The molecule has 0 bridgehead atoms. The molecule has 2 heteroatoms. The minimum Gasteiger partial charge on any atom is -0.504 e. The van der Waals surface area contributed by atoms with Gasteiger partial charge in [-0.2, -0.15) is 0 Å². The number of benzene rings is 1. The highest BCUT2D eigenvalue weighted by Crippen LogP contribution is 2.35. The van der Waals surface area contributed by atoms with Crippen LogP contribution in [-0.2, 0) is 4.79 Å². The zero-order valence-corrected chi connectivity index (χ0v) is 8.03. The minimum atomic E-state index is -0.142. The first-order valence-corrected chi connectivity index (χ1v) is 4.68. The normalized spacial score (nSPS) is 21.8. The van der Waals surface area contributed by atoms with Gasteiger partial charge in [-0.3, -0.25) is 4.79 Å². The predicted octanol–water partition coefficient (Wildman–Crippen LogP) is 2.58. The van der Waals surface area contributed by atoms with E-state index in [9.17, 15) is 9.90 Å². The molecule has 72 valence electrons. The lowest BCUT2D eigenvalue weighted by molar-refractivity contribution is -0.117. The van der Waals surface area contributed by atoms with E-state index in [0.29, 0.717) is 6.42 Å². The second-order valence-corrected chi connectivity index (χ2v) is 3.62. The van der Waals surface area contributed by atoms with Gasteiger partial charge >= 0.3 is 0 Å².